The summed E-state index contributed by atoms with van der Waals surface area (Å²) in [5, 5.41) is 29.3. The maximum atomic E-state index is 13.4. The molecule has 2 aromatic rings. The van der Waals surface area contributed by atoms with Gasteiger partial charge in [-0.2, -0.15) is 0 Å². The summed E-state index contributed by atoms with van der Waals surface area (Å²) in [5.74, 6) is -1.26. The summed E-state index contributed by atoms with van der Waals surface area (Å²) < 4.78 is 0. The fourth-order valence-electron chi connectivity index (χ4n) is 4.12. The molecule has 186 valence electrons. The molecule has 9 heteroatoms. The van der Waals surface area contributed by atoms with Crippen LogP contribution in [0, 0.1) is 5.92 Å². The van der Waals surface area contributed by atoms with E-state index in [0.717, 1.165) is 11.1 Å². The van der Waals surface area contributed by atoms with Crippen LogP contribution in [0.25, 0.3) is 0 Å². The maximum absolute atomic E-state index is 13.4. The zero-order valence-corrected chi connectivity index (χ0v) is 20.3. The van der Waals surface area contributed by atoms with E-state index in [1.807, 2.05) is 74.5 Å². The first-order valence-corrected chi connectivity index (χ1v) is 12.0. The molecule has 3 rings (SSSR count). The summed E-state index contributed by atoms with van der Waals surface area (Å²) in [6, 6.07) is 19.2. The predicted octanol–water partition coefficient (Wildman–Crippen LogP) is 2.04. The molecule has 0 saturated heterocycles. The van der Waals surface area contributed by atoms with Crippen molar-refractivity contribution in [3.8, 4) is 0 Å². The third-order valence-electron chi connectivity index (χ3n) is 5.96. The van der Waals surface area contributed by atoms with Gasteiger partial charge in [0, 0.05) is 19.3 Å². The van der Waals surface area contributed by atoms with Gasteiger partial charge in [0.15, 0.2) is 0 Å². The molecule has 1 aliphatic heterocycles. The Kier molecular flexibility index (Phi) is 9.45. The molecule has 0 fully saturated rings. The average molecular weight is 479 g/mol. The molecule has 8 nitrogen and oxygen atoms in total. The lowest BCUT2D eigenvalue weighted by molar-refractivity contribution is -0.144. The highest BCUT2D eigenvalue weighted by molar-refractivity contribution is 6.43. The van der Waals surface area contributed by atoms with Gasteiger partial charge in [-0.3, -0.25) is 9.59 Å². The largest absolute Gasteiger partial charge is 0.475 e. The zero-order chi connectivity index (χ0) is 25.3. The van der Waals surface area contributed by atoms with Crippen molar-refractivity contribution in [1.29, 1.82) is 0 Å². The summed E-state index contributed by atoms with van der Waals surface area (Å²) in [6.07, 6.45) is 1.82. The third-order valence-corrected chi connectivity index (χ3v) is 5.96. The highest BCUT2D eigenvalue weighted by Gasteiger charge is 2.48. The standard InChI is InChI=1S/C26H34BN3O5/c1-19(2)15-23(27(33)34)29-25(32)26(16-21-11-7-4-8-12-21)17-22(30-35-26)18-28-24(31)14-13-20-9-5-3-6-10-20/h3-12,19,23,33-34H,13-18H2,1-2H3,(H,28,31)(H,29,32)/t23-,26?/m0/s1. The Morgan fingerprint density at radius 3 is 2.29 bits per heavy atom. The molecule has 1 unspecified atom stereocenters. The zero-order valence-electron chi connectivity index (χ0n) is 20.3. The molecule has 0 spiro atoms. The normalized spacial score (nSPS) is 17.9. The van der Waals surface area contributed by atoms with Crippen molar-refractivity contribution in [2.75, 3.05) is 6.54 Å². The molecule has 2 aromatic carbocycles. The Labute approximate surface area is 206 Å². The Balaban J connectivity index is 1.63. The molecule has 2 amide bonds. The molecule has 0 saturated carbocycles. The van der Waals surface area contributed by atoms with E-state index < -0.39 is 24.6 Å². The molecular formula is C26H34BN3O5. The molecule has 1 heterocycles. The number of hydrogen-bond acceptors (Lipinski definition) is 6. The van der Waals surface area contributed by atoms with Crippen LogP contribution in [0.2, 0.25) is 0 Å². The number of carbonyl (C=O) groups excluding carboxylic acids is 2. The van der Waals surface area contributed by atoms with Gasteiger partial charge < -0.3 is 25.5 Å². The van der Waals surface area contributed by atoms with E-state index in [9.17, 15) is 19.6 Å². The molecule has 0 aromatic heterocycles. The van der Waals surface area contributed by atoms with Gasteiger partial charge >= 0.3 is 7.12 Å². The van der Waals surface area contributed by atoms with Gasteiger partial charge in [0.05, 0.1) is 18.2 Å². The molecule has 2 atom stereocenters. The molecule has 4 N–H and O–H groups in total. The molecule has 35 heavy (non-hydrogen) atoms. The lowest BCUT2D eigenvalue weighted by Gasteiger charge is -2.29. The van der Waals surface area contributed by atoms with Crippen molar-refractivity contribution in [1.82, 2.24) is 10.6 Å². The fraction of sp³-hybridized carbons (Fsp3) is 0.423. The molecule has 0 aliphatic carbocycles. The molecule has 0 bridgehead atoms. The average Bonchev–Trinajstić information content (AvgIpc) is 3.26. The third kappa shape index (κ3) is 7.94. The van der Waals surface area contributed by atoms with Crippen molar-refractivity contribution in [2.45, 2.75) is 57.5 Å². The second-order valence-corrected chi connectivity index (χ2v) is 9.47. The Hall–Kier alpha value is -3.17. The van der Waals surface area contributed by atoms with Crippen LogP contribution < -0.4 is 10.6 Å². The highest BCUT2D eigenvalue weighted by atomic mass is 16.7. The summed E-state index contributed by atoms with van der Waals surface area (Å²) in [5.41, 5.74) is 1.19. The number of oxime groups is 1. The lowest BCUT2D eigenvalue weighted by Crippen LogP contribution is -2.56. The van der Waals surface area contributed by atoms with Gasteiger partial charge in [0.2, 0.25) is 11.5 Å². The summed E-state index contributed by atoms with van der Waals surface area (Å²) in [4.78, 5) is 31.5. The van der Waals surface area contributed by atoms with E-state index in [4.69, 9.17) is 4.84 Å². The molecule has 1 aliphatic rings. The van der Waals surface area contributed by atoms with Gasteiger partial charge in [0.1, 0.15) is 0 Å². The SMILES string of the molecule is CC(C)C[C@H](NC(=O)C1(Cc2ccccc2)CC(CNC(=O)CCc2ccccc2)=NO1)B(O)O. The van der Waals surface area contributed by atoms with Crippen LogP contribution >= 0.6 is 0 Å². The lowest BCUT2D eigenvalue weighted by atomic mass is 9.74. The second kappa shape index (κ2) is 12.5. The van der Waals surface area contributed by atoms with Crippen LogP contribution in [0.4, 0.5) is 0 Å². The number of aryl methyl sites for hydroxylation is 1. The quantitative estimate of drug-likeness (QED) is 0.348. The molecule has 0 radical (unpaired) electrons. The summed E-state index contributed by atoms with van der Waals surface area (Å²) in [7, 11) is -1.69. The van der Waals surface area contributed by atoms with Crippen LogP contribution in [0.15, 0.2) is 65.8 Å². The van der Waals surface area contributed by atoms with Crippen LogP contribution in [0.5, 0.6) is 0 Å². The minimum atomic E-state index is -1.69. The number of hydrogen-bond donors (Lipinski definition) is 4. The minimum absolute atomic E-state index is 0.109. The fourth-order valence-corrected chi connectivity index (χ4v) is 4.12. The van der Waals surface area contributed by atoms with E-state index in [0.29, 0.717) is 25.0 Å². The number of nitrogens with one attached hydrogen (secondary N) is 2. The van der Waals surface area contributed by atoms with Crippen molar-refractivity contribution in [3.05, 3.63) is 71.8 Å². The Morgan fingerprint density at radius 1 is 1.06 bits per heavy atom. The van der Waals surface area contributed by atoms with Crippen molar-refractivity contribution < 1.29 is 24.5 Å². The van der Waals surface area contributed by atoms with Crippen LogP contribution in [-0.4, -0.2) is 52.8 Å². The Morgan fingerprint density at radius 2 is 1.69 bits per heavy atom. The summed E-state index contributed by atoms with van der Waals surface area (Å²) >= 11 is 0. The van der Waals surface area contributed by atoms with Gasteiger partial charge in [-0.1, -0.05) is 79.7 Å². The topological polar surface area (TPSA) is 120 Å². The minimum Gasteiger partial charge on any atom is -0.426 e. The number of carbonyl (C=O) groups is 2. The van der Waals surface area contributed by atoms with Crippen molar-refractivity contribution in [3.63, 3.8) is 0 Å². The van der Waals surface area contributed by atoms with Crippen molar-refractivity contribution >= 4 is 24.6 Å². The highest BCUT2D eigenvalue weighted by Crippen LogP contribution is 2.29. The number of amides is 2. The van der Waals surface area contributed by atoms with E-state index in [1.54, 1.807) is 0 Å². The first-order valence-electron chi connectivity index (χ1n) is 12.0. The Bertz CT molecular complexity index is 1000. The van der Waals surface area contributed by atoms with Gasteiger partial charge in [-0.05, 0) is 29.9 Å². The molecular weight excluding hydrogens is 445 g/mol. The van der Waals surface area contributed by atoms with E-state index in [-0.39, 0.29) is 31.2 Å². The maximum Gasteiger partial charge on any atom is 0.475 e. The van der Waals surface area contributed by atoms with Crippen LogP contribution in [0.3, 0.4) is 0 Å². The summed E-state index contributed by atoms with van der Waals surface area (Å²) in [6.45, 7) is 4.06. The first kappa shape index (κ1) is 26.4. The number of benzene rings is 2. The van der Waals surface area contributed by atoms with E-state index in [1.165, 1.54) is 0 Å². The predicted molar refractivity (Wildman–Crippen MR) is 135 cm³/mol. The van der Waals surface area contributed by atoms with E-state index in [2.05, 4.69) is 15.8 Å². The smallest absolute Gasteiger partial charge is 0.426 e. The first-order chi connectivity index (χ1) is 16.8. The van der Waals surface area contributed by atoms with Gasteiger partial charge in [0.25, 0.3) is 5.91 Å². The second-order valence-electron chi connectivity index (χ2n) is 9.47. The van der Waals surface area contributed by atoms with Crippen LogP contribution in [0.1, 0.15) is 44.2 Å². The van der Waals surface area contributed by atoms with Crippen LogP contribution in [-0.2, 0) is 27.3 Å². The van der Waals surface area contributed by atoms with E-state index >= 15 is 0 Å². The monoisotopic (exact) mass is 479 g/mol. The van der Waals surface area contributed by atoms with Gasteiger partial charge in [-0.15, -0.1) is 0 Å². The van der Waals surface area contributed by atoms with Gasteiger partial charge in [-0.25, -0.2) is 0 Å². The number of rotatable bonds is 12. The number of nitrogens with zero attached hydrogens (tertiary/aromatic N) is 1. The van der Waals surface area contributed by atoms with Crippen molar-refractivity contribution in [2.24, 2.45) is 11.1 Å².